The van der Waals surface area contributed by atoms with Crippen LogP contribution >= 0.6 is 0 Å². The molecule has 0 aliphatic carbocycles. The Balaban J connectivity index is 3.19. The SMILES string of the molecule is CCOC(=O)C(CCC(C)C)(Cc1ccccc1)C(=O)OCC. The van der Waals surface area contributed by atoms with Crippen LogP contribution in [0.3, 0.4) is 0 Å². The third-order valence-electron chi connectivity index (χ3n) is 3.83. The number of carbonyl (C=O) groups excluding carboxylic acids is 2. The van der Waals surface area contributed by atoms with E-state index in [1.165, 1.54) is 0 Å². The molecule has 0 aliphatic rings. The summed E-state index contributed by atoms with van der Waals surface area (Å²) in [6, 6.07) is 9.55. The number of esters is 2. The Morgan fingerprint density at radius 2 is 1.52 bits per heavy atom. The van der Waals surface area contributed by atoms with E-state index in [0.717, 1.165) is 12.0 Å². The van der Waals surface area contributed by atoms with E-state index >= 15 is 0 Å². The zero-order chi connectivity index (χ0) is 17.3. The van der Waals surface area contributed by atoms with E-state index in [4.69, 9.17) is 9.47 Å². The summed E-state index contributed by atoms with van der Waals surface area (Å²) < 4.78 is 10.5. The lowest BCUT2D eigenvalue weighted by molar-refractivity contribution is -0.173. The highest BCUT2D eigenvalue weighted by Crippen LogP contribution is 2.34. The van der Waals surface area contributed by atoms with Gasteiger partial charge in [-0.15, -0.1) is 0 Å². The summed E-state index contributed by atoms with van der Waals surface area (Å²) in [7, 11) is 0. The highest BCUT2D eigenvalue weighted by Gasteiger charge is 2.48. The Kier molecular flexibility index (Phi) is 7.79. The zero-order valence-corrected chi connectivity index (χ0v) is 14.6. The molecule has 0 atom stereocenters. The van der Waals surface area contributed by atoms with Gasteiger partial charge in [0.25, 0.3) is 0 Å². The molecule has 0 aromatic heterocycles. The quantitative estimate of drug-likeness (QED) is 0.513. The number of rotatable bonds is 9. The topological polar surface area (TPSA) is 52.6 Å². The van der Waals surface area contributed by atoms with Crippen LogP contribution in [0.4, 0.5) is 0 Å². The van der Waals surface area contributed by atoms with Gasteiger partial charge in [-0.05, 0) is 44.6 Å². The van der Waals surface area contributed by atoms with Crippen molar-refractivity contribution in [1.29, 1.82) is 0 Å². The lowest BCUT2D eigenvalue weighted by Gasteiger charge is -2.30. The van der Waals surface area contributed by atoms with Gasteiger partial charge in [0.2, 0.25) is 0 Å². The lowest BCUT2D eigenvalue weighted by atomic mass is 9.76. The second-order valence-corrected chi connectivity index (χ2v) is 6.12. The molecule has 0 fully saturated rings. The first-order valence-corrected chi connectivity index (χ1v) is 8.34. The van der Waals surface area contributed by atoms with Crippen molar-refractivity contribution in [3.63, 3.8) is 0 Å². The van der Waals surface area contributed by atoms with Crippen molar-refractivity contribution < 1.29 is 19.1 Å². The molecule has 0 bridgehead atoms. The summed E-state index contributed by atoms with van der Waals surface area (Å²) in [4.78, 5) is 25.4. The van der Waals surface area contributed by atoms with Crippen molar-refractivity contribution >= 4 is 11.9 Å². The van der Waals surface area contributed by atoms with Crippen molar-refractivity contribution in [2.75, 3.05) is 13.2 Å². The van der Waals surface area contributed by atoms with Gasteiger partial charge < -0.3 is 9.47 Å². The minimum Gasteiger partial charge on any atom is -0.465 e. The van der Waals surface area contributed by atoms with Gasteiger partial charge in [-0.3, -0.25) is 9.59 Å². The highest BCUT2D eigenvalue weighted by molar-refractivity contribution is 6.00. The van der Waals surface area contributed by atoms with E-state index in [1.54, 1.807) is 13.8 Å². The van der Waals surface area contributed by atoms with Crippen LogP contribution in [0.25, 0.3) is 0 Å². The van der Waals surface area contributed by atoms with Gasteiger partial charge in [0.15, 0.2) is 5.41 Å². The fourth-order valence-electron chi connectivity index (χ4n) is 2.54. The molecule has 4 nitrogen and oxygen atoms in total. The predicted octanol–water partition coefficient (Wildman–Crippen LogP) is 3.78. The number of ether oxygens (including phenoxy) is 2. The van der Waals surface area contributed by atoms with Crippen molar-refractivity contribution in [2.45, 2.75) is 47.0 Å². The van der Waals surface area contributed by atoms with Gasteiger partial charge in [0.05, 0.1) is 13.2 Å². The Bertz CT molecular complexity index is 475. The maximum atomic E-state index is 12.7. The monoisotopic (exact) mass is 320 g/mol. The standard InChI is InChI=1S/C19H28O4/c1-5-22-17(20)19(13-12-15(3)4,18(21)23-6-2)14-16-10-8-7-9-11-16/h7-11,15H,5-6,12-14H2,1-4H3. The second-order valence-electron chi connectivity index (χ2n) is 6.12. The Morgan fingerprint density at radius 1 is 1.00 bits per heavy atom. The van der Waals surface area contributed by atoms with Crippen LogP contribution in [0.5, 0.6) is 0 Å². The molecule has 0 N–H and O–H groups in total. The van der Waals surface area contributed by atoms with Crippen LogP contribution in [0, 0.1) is 11.3 Å². The van der Waals surface area contributed by atoms with E-state index in [9.17, 15) is 9.59 Å². The van der Waals surface area contributed by atoms with E-state index in [2.05, 4.69) is 13.8 Å². The Labute approximate surface area is 139 Å². The minimum absolute atomic E-state index is 0.246. The van der Waals surface area contributed by atoms with Gasteiger partial charge in [-0.1, -0.05) is 44.2 Å². The first-order chi connectivity index (χ1) is 11.0. The third-order valence-corrected chi connectivity index (χ3v) is 3.83. The predicted molar refractivity (Wildman–Crippen MR) is 89.9 cm³/mol. The van der Waals surface area contributed by atoms with E-state index in [0.29, 0.717) is 18.8 Å². The Morgan fingerprint density at radius 3 is 1.96 bits per heavy atom. The van der Waals surface area contributed by atoms with Crippen LogP contribution in [0.15, 0.2) is 30.3 Å². The molecule has 0 saturated heterocycles. The van der Waals surface area contributed by atoms with Crippen LogP contribution in [0.2, 0.25) is 0 Å². The van der Waals surface area contributed by atoms with Crippen LogP contribution in [0.1, 0.15) is 46.1 Å². The molecular formula is C19H28O4. The van der Waals surface area contributed by atoms with Crippen LogP contribution in [-0.4, -0.2) is 25.2 Å². The second kappa shape index (κ2) is 9.33. The molecule has 23 heavy (non-hydrogen) atoms. The summed E-state index contributed by atoms with van der Waals surface area (Å²) in [6.07, 6.45) is 1.49. The molecule has 4 heteroatoms. The molecule has 0 amide bonds. The number of hydrogen-bond acceptors (Lipinski definition) is 4. The van der Waals surface area contributed by atoms with E-state index < -0.39 is 17.4 Å². The zero-order valence-electron chi connectivity index (χ0n) is 14.6. The number of benzene rings is 1. The lowest BCUT2D eigenvalue weighted by Crippen LogP contribution is -2.44. The smallest absolute Gasteiger partial charge is 0.323 e. The molecule has 0 aliphatic heterocycles. The first kappa shape index (κ1) is 19.2. The van der Waals surface area contributed by atoms with Crippen molar-refractivity contribution in [3.8, 4) is 0 Å². The highest BCUT2D eigenvalue weighted by atomic mass is 16.6. The van der Waals surface area contributed by atoms with E-state index in [1.807, 2.05) is 30.3 Å². The largest absolute Gasteiger partial charge is 0.465 e. The molecular weight excluding hydrogens is 292 g/mol. The molecule has 128 valence electrons. The average molecular weight is 320 g/mol. The minimum atomic E-state index is -1.27. The van der Waals surface area contributed by atoms with E-state index in [-0.39, 0.29) is 13.2 Å². The fourth-order valence-corrected chi connectivity index (χ4v) is 2.54. The van der Waals surface area contributed by atoms with Crippen LogP contribution < -0.4 is 0 Å². The first-order valence-electron chi connectivity index (χ1n) is 8.34. The fraction of sp³-hybridized carbons (Fsp3) is 0.579. The summed E-state index contributed by atoms with van der Waals surface area (Å²) in [5.41, 5.74) is -0.338. The summed E-state index contributed by atoms with van der Waals surface area (Å²) in [6.45, 7) is 8.14. The molecule has 1 aromatic carbocycles. The molecule has 1 aromatic rings. The maximum Gasteiger partial charge on any atom is 0.323 e. The number of hydrogen-bond donors (Lipinski definition) is 0. The van der Waals surface area contributed by atoms with Gasteiger partial charge in [0.1, 0.15) is 0 Å². The third kappa shape index (κ3) is 5.38. The molecule has 0 heterocycles. The molecule has 1 rings (SSSR count). The van der Waals surface area contributed by atoms with Crippen molar-refractivity contribution in [1.82, 2.24) is 0 Å². The average Bonchev–Trinajstić information content (AvgIpc) is 2.52. The molecule has 0 unspecified atom stereocenters. The molecule has 0 spiro atoms. The van der Waals surface area contributed by atoms with Crippen molar-refractivity contribution in [3.05, 3.63) is 35.9 Å². The van der Waals surface area contributed by atoms with Gasteiger partial charge in [-0.25, -0.2) is 0 Å². The van der Waals surface area contributed by atoms with Crippen molar-refractivity contribution in [2.24, 2.45) is 11.3 Å². The summed E-state index contributed by atoms with van der Waals surface area (Å²) >= 11 is 0. The normalized spacial score (nSPS) is 11.3. The summed E-state index contributed by atoms with van der Waals surface area (Å²) in [5.74, 6) is -0.583. The van der Waals surface area contributed by atoms with Gasteiger partial charge >= 0.3 is 11.9 Å². The Hall–Kier alpha value is -1.84. The molecule has 0 saturated carbocycles. The molecule has 0 radical (unpaired) electrons. The van der Waals surface area contributed by atoms with Gasteiger partial charge in [-0.2, -0.15) is 0 Å². The van der Waals surface area contributed by atoms with Gasteiger partial charge in [0, 0.05) is 0 Å². The maximum absolute atomic E-state index is 12.7. The van der Waals surface area contributed by atoms with Crippen LogP contribution in [-0.2, 0) is 25.5 Å². The summed E-state index contributed by atoms with van der Waals surface area (Å²) in [5, 5.41) is 0. The number of carbonyl (C=O) groups is 2.